The molecule has 0 fully saturated rings. The van der Waals surface area contributed by atoms with Gasteiger partial charge in [-0.05, 0) is 18.8 Å². The molecule has 0 amide bonds. The summed E-state index contributed by atoms with van der Waals surface area (Å²) in [7, 11) is 0. The molecule has 1 unspecified atom stereocenters. The van der Waals surface area contributed by atoms with Crippen LogP contribution in [0.3, 0.4) is 0 Å². The highest BCUT2D eigenvalue weighted by Gasteiger charge is 2.39. The smallest absolute Gasteiger partial charge is 0.191 e. The second kappa shape index (κ2) is 4.86. The minimum absolute atomic E-state index is 0.211. The van der Waals surface area contributed by atoms with Crippen molar-refractivity contribution in [2.75, 3.05) is 13.1 Å². The van der Waals surface area contributed by atoms with Crippen molar-refractivity contribution >= 4 is 5.96 Å². The van der Waals surface area contributed by atoms with Crippen LogP contribution in [0.1, 0.15) is 47.0 Å². The fourth-order valence-electron chi connectivity index (χ4n) is 2.45. The quantitative estimate of drug-likeness (QED) is 0.757. The van der Waals surface area contributed by atoms with Crippen molar-refractivity contribution < 1.29 is 0 Å². The standard InChI is InChI=1S/C12H25N3/c1-5-7-12(6-2)9-14-11(13)15(12)8-10(3)4/h10H,5-9H2,1-4H3,(H2,13,14). The lowest BCUT2D eigenvalue weighted by Gasteiger charge is -2.39. The van der Waals surface area contributed by atoms with Gasteiger partial charge in [-0.1, -0.05) is 34.1 Å². The zero-order valence-corrected chi connectivity index (χ0v) is 10.6. The fraction of sp³-hybridized carbons (Fsp3) is 0.917. The molecular weight excluding hydrogens is 186 g/mol. The summed E-state index contributed by atoms with van der Waals surface area (Å²) in [5.74, 6) is 1.39. The fourth-order valence-corrected chi connectivity index (χ4v) is 2.45. The van der Waals surface area contributed by atoms with Gasteiger partial charge in [0.1, 0.15) is 0 Å². The Labute approximate surface area is 93.7 Å². The third-order valence-electron chi connectivity index (χ3n) is 3.31. The number of aliphatic imine (C=N–C) groups is 1. The van der Waals surface area contributed by atoms with Gasteiger partial charge in [-0.2, -0.15) is 0 Å². The molecule has 0 radical (unpaired) electrons. The Hall–Kier alpha value is -0.730. The van der Waals surface area contributed by atoms with E-state index in [4.69, 9.17) is 5.73 Å². The van der Waals surface area contributed by atoms with Gasteiger partial charge in [0, 0.05) is 6.54 Å². The molecule has 1 rings (SSSR count). The number of hydrogen-bond donors (Lipinski definition) is 1. The Balaban J connectivity index is 2.79. The number of rotatable bonds is 5. The molecule has 3 heteroatoms. The topological polar surface area (TPSA) is 41.6 Å². The molecule has 0 saturated heterocycles. The largest absolute Gasteiger partial charge is 0.370 e. The van der Waals surface area contributed by atoms with Crippen LogP contribution in [0.15, 0.2) is 4.99 Å². The predicted molar refractivity (Wildman–Crippen MR) is 66.0 cm³/mol. The van der Waals surface area contributed by atoms with Crippen LogP contribution < -0.4 is 5.73 Å². The van der Waals surface area contributed by atoms with E-state index in [0.29, 0.717) is 5.92 Å². The maximum absolute atomic E-state index is 5.98. The summed E-state index contributed by atoms with van der Waals surface area (Å²) in [6, 6.07) is 0. The van der Waals surface area contributed by atoms with Gasteiger partial charge in [-0.15, -0.1) is 0 Å². The molecule has 1 atom stereocenters. The van der Waals surface area contributed by atoms with Crippen LogP contribution in [-0.2, 0) is 0 Å². The molecule has 15 heavy (non-hydrogen) atoms. The van der Waals surface area contributed by atoms with Gasteiger partial charge in [-0.3, -0.25) is 4.99 Å². The van der Waals surface area contributed by atoms with E-state index in [-0.39, 0.29) is 5.54 Å². The molecule has 0 saturated carbocycles. The van der Waals surface area contributed by atoms with Crippen molar-refractivity contribution in [3.63, 3.8) is 0 Å². The molecule has 1 aliphatic rings. The second-order valence-electron chi connectivity index (χ2n) is 5.01. The van der Waals surface area contributed by atoms with Crippen LogP contribution in [0, 0.1) is 5.92 Å². The number of nitrogens with two attached hydrogens (primary N) is 1. The van der Waals surface area contributed by atoms with Crippen molar-refractivity contribution in [1.82, 2.24) is 4.90 Å². The first-order chi connectivity index (χ1) is 7.05. The highest BCUT2D eigenvalue weighted by atomic mass is 15.4. The zero-order chi connectivity index (χ0) is 11.5. The monoisotopic (exact) mass is 211 g/mol. The summed E-state index contributed by atoms with van der Waals surface area (Å²) in [6.45, 7) is 10.9. The number of guanidine groups is 1. The number of hydrogen-bond acceptors (Lipinski definition) is 3. The van der Waals surface area contributed by atoms with Gasteiger partial charge >= 0.3 is 0 Å². The summed E-state index contributed by atoms with van der Waals surface area (Å²) < 4.78 is 0. The molecule has 88 valence electrons. The van der Waals surface area contributed by atoms with Gasteiger partial charge in [0.15, 0.2) is 5.96 Å². The van der Waals surface area contributed by atoms with Gasteiger partial charge in [0.25, 0.3) is 0 Å². The Morgan fingerprint density at radius 3 is 2.60 bits per heavy atom. The average molecular weight is 211 g/mol. The third kappa shape index (κ3) is 2.44. The average Bonchev–Trinajstić information content (AvgIpc) is 2.47. The second-order valence-corrected chi connectivity index (χ2v) is 5.01. The highest BCUT2D eigenvalue weighted by Crippen LogP contribution is 2.30. The summed E-state index contributed by atoms with van der Waals surface area (Å²) in [5.41, 5.74) is 6.20. The first-order valence-electron chi connectivity index (χ1n) is 6.13. The molecule has 0 aromatic rings. The molecule has 0 spiro atoms. The zero-order valence-electron chi connectivity index (χ0n) is 10.6. The maximum atomic E-state index is 5.98. The van der Waals surface area contributed by atoms with Crippen molar-refractivity contribution in [2.45, 2.75) is 52.5 Å². The van der Waals surface area contributed by atoms with Crippen LogP contribution in [0.4, 0.5) is 0 Å². The molecule has 1 aliphatic heterocycles. The first-order valence-corrected chi connectivity index (χ1v) is 6.13. The van der Waals surface area contributed by atoms with Gasteiger partial charge < -0.3 is 10.6 Å². The summed E-state index contributed by atoms with van der Waals surface area (Å²) in [5, 5.41) is 0. The van der Waals surface area contributed by atoms with Crippen molar-refractivity contribution in [1.29, 1.82) is 0 Å². The Kier molecular flexibility index (Phi) is 4.00. The Morgan fingerprint density at radius 1 is 1.47 bits per heavy atom. The lowest BCUT2D eigenvalue weighted by Crippen LogP contribution is -2.52. The lowest BCUT2D eigenvalue weighted by molar-refractivity contribution is 0.162. The van der Waals surface area contributed by atoms with Crippen molar-refractivity contribution in [3.05, 3.63) is 0 Å². The van der Waals surface area contributed by atoms with Crippen molar-refractivity contribution in [2.24, 2.45) is 16.6 Å². The maximum Gasteiger partial charge on any atom is 0.191 e. The molecule has 0 aromatic heterocycles. The van der Waals surface area contributed by atoms with E-state index in [0.717, 1.165) is 25.5 Å². The first kappa shape index (κ1) is 12.3. The van der Waals surface area contributed by atoms with E-state index >= 15 is 0 Å². The molecule has 0 aromatic carbocycles. The predicted octanol–water partition coefficient (Wildman–Crippen LogP) is 2.22. The summed E-state index contributed by atoms with van der Waals surface area (Å²) >= 11 is 0. The summed E-state index contributed by atoms with van der Waals surface area (Å²) in [4.78, 5) is 6.77. The third-order valence-corrected chi connectivity index (χ3v) is 3.31. The molecule has 1 heterocycles. The van der Waals surface area contributed by atoms with Gasteiger partial charge in [-0.25, -0.2) is 0 Å². The lowest BCUT2D eigenvalue weighted by atomic mass is 9.89. The molecule has 3 nitrogen and oxygen atoms in total. The minimum Gasteiger partial charge on any atom is -0.370 e. The van der Waals surface area contributed by atoms with Crippen molar-refractivity contribution in [3.8, 4) is 0 Å². The van der Waals surface area contributed by atoms with E-state index in [9.17, 15) is 0 Å². The van der Waals surface area contributed by atoms with Gasteiger partial charge in [0.2, 0.25) is 0 Å². The SMILES string of the molecule is CCCC1(CC)CN=C(N)N1CC(C)C. The number of nitrogens with zero attached hydrogens (tertiary/aromatic N) is 2. The van der Waals surface area contributed by atoms with E-state index in [1.807, 2.05) is 0 Å². The highest BCUT2D eigenvalue weighted by molar-refractivity contribution is 5.81. The van der Waals surface area contributed by atoms with Gasteiger partial charge in [0.05, 0.1) is 12.1 Å². The summed E-state index contributed by atoms with van der Waals surface area (Å²) in [6.07, 6.45) is 3.53. The van der Waals surface area contributed by atoms with E-state index in [2.05, 4.69) is 37.6 Å². The molecule has 2 N–H and O–H groups in total. The normalized spacial score (nSPS) is 26.2. The van der Waals surface area contributed by atoms with Crippen LogP contribution in [0.25, 0.3) is 0 Å². The van der Waals surface area contributed by atoms with Crippen LogP contribution in [0.2, 0.25) is 0 Å². The Bertz CT molecular complexity index is 235. The van der Waals surface area contributed by atoms with Crippen LogP contribution in [-0.4, -0.2) is 29.5 Å². The molecule has 0 aliphatic carbocycles. The molecular formula is C12H25N3. The van der Waals surface area contributed by atoms with E-state index in [1.54, 1.807) is 0 Å². The minimum atomic E-state index is 0.211. The Morgan fingerprint density at radius 2 is 2.13 bits per heavy atom. The van der Waals surface area contributed by atoms with E-state index < -0.39 is 0 Å². The van der Waals surface area contributed by atoms with Crippen LogP contribution in [0.5, 0.6) is 0 Å². The van der Waals surface area contributed by atoms with Crippen LogP contribution >= 0.6 is 0 Å². The molecule has 0 bridgehead atoms. The van der Waals surface area contributed by atoms with E-state index in [1.165, 1.54) is 12.8 Å².